The van der Waals surface area contributed by atoms with E-state index in [1.807, 2.05) is 61.5 Å². The highest BCUT2D eigenvalue weighted by molar-refractivity contribution is 6.01. The molecule has 1 unspecified atom stereocenters. The Kier molecular flexibility index (Phi) is 6.21. The molecule has 1 saturated heterocycles. The van der Waals surface area contributed by atoms with E-state index in [0.717, 1.165) is 11.3 Å². The zero-order chi connectivity index (χ0) is 22.5. The van der Waals surface area contributed by atoms with E-state index in [4.69, 9.17) is 9.15 Å². The standard InChI is InChI=1S/C24H23N3O5/c1-16-7-9-18(10-8-16)27-14-17(13-22(27)28)23(29)25-26-24(30)21-12-11-20(32-21)15-31-19-5-3-2-4-6-19/h2-12,17H,13-15H2,1H3,(H,25,29)(H,26,30). The number of nitrogens with one attached hydrogen (secondary N) is 2. The zero-order valence-electron chi connectivity index (χ0n) is 17.5. The Labute approximate surface area is 185 Å². The summed E-state index contributed by atoms with van der Waals surface area (Å²) in [5.41, 5.74) is 6.56. The van der Waals surface area contributed by atoms with Crippen molar-refractivity contribution in [2.45, 2.75) is 20.0 Å². The van der Waals surface area contributed by atoms with Crippen LogP contribution in [-0.2, 0) is 16.2 Å². The number of aryl methyl sites for hydroxylation is 1. The summed E-state index contributed by atoms with van der Waals surface area (Å²) in [7, 11) is 0. The molecule has 4 rings (SSSR count). The largest absolute Gasteiger partial charge is 0.486 e. The minimum absolute atomic E-state index is 0.0424. The second kappa shape index (κ2) is 9.38. The van der Waals surface area contributed by atoms with Crippen LogP contribution < -0.4 is 20.5 Å². The van der Waals surface area contributed by atoms with E-state index in [-0.39, 0.29) is 31.2 Å². The molecular formula is C24H23N3O5. The highest BCUT2D eigenvalue weighted by Crippen LogP contribution is 2.25. The van der Waals surface area contributed by atoms with Gasteiger partial charge in [-0.1, -0.05) is 35.9 Å². The number of hydrogen-bond acceptors (Lipinski definition) is 5. The highest BCUT2D eigenvalue weighted by atomic mass is 16.5. The van der Waals surface area contributed by atoms with Crippen molar-refractivity contribution in [3.63, 3.8) is 0 Å². The van der Waals surface area contributed by atoms with Crippen molar-refractivity contribution in [3.05, 3.63) is 83.8 Å². The van der Waals surface area contributed by atoms with Crippen molar-refractivity contribution < 1.29 is 23.5 Å². The van der Waals surface area contributed by atoms with Crippen LogP contribution in [0, 0.1) is 12.8 Å². The molecular weight excluding hydrogens is 410 g/mol. The van der Waals surface area contributed by atoms with Crippen molar-refractivity contribution >= 4 is 23.4 Å². The van der Waals surface area contributed by atoms with Crippen LogP contribution in [0.3, 0.4) is 0 Å². The Morgan fingerprint density at radius 1 is 1.03 bits per heavy atom. The third-order valence-electron chi connectivity index (χ3n) is 5.15. The van der Waals surface area contributed by atoms with Gasteiger partial charge >= 0.3 is 5.91 Å². The number of furan rings is 1. The number of ether oxygens (including phenoxy) is 1. The molecule has 2 aromatic carbocycles. The van der Waals surface area contributed by atoms with E-state index in [1.54, 1.807) is 11.0 Å². The molecule has 32 heavy (non-hydrogen) atoms. The summed E-state index contributed by atoms with van der Waals surface area (Å²) in [6, 6.07) is 19.9. The third kappa shape index (κ3) is 4.97. The van der Waals surface area contributed by atoms with Gasteiger partial charge in [0.15, 0.2) is 5.76 Å². The molecule has 1 aromatic heterocycles. The second-order valence-corrected chi connectivity index (χ2v) is 7.55. The van der Waals surface area contributed by atoms with Gasteiger partial charge in [0.05, 0.1) is 5.92 Å². The van der Waals surface area contributed by atoms with Crippen molar-refractivity contribution in [1.29, 1.82) is 0 Å². The number of benzene rings is 2. The highest BCUT2D eigenvalue weighted by Gasteiger charge is 2.35. The van der Waals surface area contributed by atoms with Gasteiger partial charge in [0, 0.05) is 18.7 Å². The fraction of sp³-hybridized carbons (Fsp3) is 0.208. The molecule has 1 aliphatic rings. The first-order chi connectivity index (χ1) is 15.5. The maximum atomic E-state index is 12.5. The van der Waals surface area contributed by atoms with E-state index < -0.39 is 17.7 Å². The Balaban J connectivity index is 1.27. The molecule has 0 radical (unpaired) electrons. The first-order valence-electron chi connectivity index (χ1n) is 10.2. The lowest BCUT2D eigenvalue weighted by Crippen LogP contribution is -2.45. The molecule has 1 atom stereocenters. The van der Waals surface area contributed by atoms with Gasteiger partial charge < -0.3 is 14.1 Å². The van der Waals surface area contributed by atoms with Gasteiger partial charge in [0.2, 0.25) is 11.8 Å². The summed E-state index contributed by atoms with van der Waals surface area (Å²) in [6.07, 6.45) is 0.0807. The van der Waals surface area contributed by atoms with Gasteiger partial charge in [-0.3, -0.25) is 25.2 Å². The maximum absolute atomic E-state index is 12.5. The number of rotatable bonds is 6. The number of carbonyl (C=O) groups excluding carboxylic acids is 3. The molecule has 164 valence electrons. The predicted octanol–water partition coefficient (Wildman–Crippen LogP) is 2.98. The van der Waals surface area contributed by atoms with Crippen molar-refractivity contribution in [2.24, 2.45) is 5.92 Å². The molecule has 0 spiro atoms. The number of hydrogen-bond donors (Lipinski definition) is 2. The lowest BCUT2D eigenvalue weighted by molar-refractivity contribution is -0.126. The maximum Gasteiger partial charge on any atom is 0.305 e. The Morgan fingerprint density at radius 3 is 2.53 bits per heavy atom. The molecule has 0 saturated carbocycles. The SMILES string of the molecule is Cc1ccc(N2CC(C(=O)NNC(=O)c3ccc(COc4ccccc4)o3)CC2=O)cc1. The molecule has 0 bridgehead atoms. The monoisotopic (exact) mass is 433 g/mol. The second-order valence-electron chi connectivity index (χ2n) is 7.55. The quantitative estimate of drug-likeness (QED) is 0.582. The van der Waals surface area contributed by atoms with Gasteiger partial charge in [-0.15, -0.1) is 0 Å². The summed E-state index contributed by atoms with van der Waals surface area (Å²) in [5, 5.41) is 0. The zero-order valence-corrected chi connectivity index (χ0v) is 17.5. The van der Waals surface area contributed by atoms with Crippen LogP contribution in [0.1, 0.15) is 28.3 Å². The fourth-order valence-corrected chi connectivity index (χ4v) is 3.39. The van der Waals surface area contributed by atoms with Crippen molar-refractivity contribution in [1.82, 2.24) is 10.9 Å². The lowest BCUT2D eigenvalue weighted by Gasteiger charge is -2.17. The summed E-state index contributed by atoms with van der Waals surface area (Å²) >= 11 is 0. The van der Waals surface area contributed by atoms with E-state index in [9.17, 15) is 14.4 Å². The van der Waals surface area contributed by atoms with Crippen LogP contribution in [0.4, 0.5) is 5.69 Å². The molecule has 2 N–H and O–H groups in total. The van der Waals surface area contributed by atoms with E-state index >= 15 is 0 Å². The van der Waals surface area contributed by atoms with Crippen LogP contribution in [-0.4, -0.2) is 24.3 Å². The minimum atomic E-state index is -0.593. The van der Waals surface area contributed by atoms with Crippen LogP contribution in [0.2, 0.25) is 0 Å². The van der Waals surface area contributed by atoms with Gasteiger partial charge in [0.1, 0.15) is 18.1 Å². The fourth-order valence-electron chi connectivity index (χ4n) is 3.39. The van der Waals surface area contributed by atoms with Crippen LogP contribution >= 0.6 is 0 Å². The molecule has 3 aromatic rings. The molecule has 8 heteroatoms. The average Bonchev–Trinajstić information content (AvgIpc) is 3.44. The van der Waals surface area contributed by atoms with Gasteiger partial charge in [-0.25, -0.2) is 0 Å². The van der Waals surface area contributed by atoms with Gasteiger partial charge in [0.25, 0.3) is 0 Å². The normalized spacial score (nSPS) is 15.5. The number of para-hydroxylation sites is 1. The summed E-state index contributed by atoms with van der Waals surface area (Å²) in [5.74, 6) is -0.511. The first-order valence-corrected chi connectivity index (χ1v) is 10.2. The molecule has 2 heterocycles. The molecule has 3 amide bonds. The molecule has 1 aliphatic heterocycles. The summed E-state index contributed by atoms with van der Waals surface area (Å²) < 4.78 is 11.1. The van der Waals surface area contributed by atoms with E-state index in [0.29, 0.717) is 11.5 Å². The number of nitrogens with zero attached hydrogens (tertiary/aromatic N) is 1. The number of anilines is 1. The lowest BCUT2D eigenvalue weighted by atomic mass is 10.1. The van der Waals surface area contributed by atoms with Gasteiger partial charge in [-0.2, -0.15) is 0 Å². The first kappa shape index (κ1) is 21.2. The van der Waals surface area contributed by atoms with Crippen LogP contribution in [0.5, 0.6) is 5.75 Å². The third-order valence-corrected chi connectivity index (χ3v) is 5.15. The Bertz CT molecular complexity index is 1110. The number of carbonyl (C=O) groups is 3. The van der Waals surface area contributed by atoms with Crippen LogP contribution in [0.25, 0.3) is 0 Å². The summed E-state index contributed by atoms with van der Waals surface area (Å²) in [4.78, 5) is 38.7. The topological polar surface area (TPSA) is 101 Å². The Morgan fingerprint density at radius 2 is 1.78 bits per heavy atom. The van der Waals surface area contributed by atoms with Gasteiger partial charge in [-0.05, 0) is 43.3 Å². The number of hydrazine groups is 1. The summed E-state index contributed by atoms with van der Waals surface area (Å²) in [6.45, 7) is 2.39. The van der Waals surface area contributed by atoms with Crippen molar-refractivity contribution in [2.75, 3.05) is 11.4 Å². The smallest absolute Gasteiger partial charge is 0.305 e. The minimum Gasteiger partial charge on any atom is -0.486 e. The molecule has 0 aliphatic carbocycles. The molecule has 1 fully saturated rings. The number of amides is 3. The van der Waals surface area contributed by atoms with E-state index in [1.165, 1.54) is 6.07 Å². The average molecular weight is 433 g/mol. The van der Waals surface area contributed by atoms with Crippen LogP contribution in [0.15, 0.2) is 71.1 Å². The Hall–Kier alpha value is -4.07. The predicted molar refractivity (Wildman–Crippen MR) is 117 cm³/mol. The van der Waals surface area contributed by atoms with Crippen molar-refractivity contribution in [3.8, 4) is 5.75 Å². The molecule has 8 nitrogen and oxygen atoms in total. The van der Waals surface area contributed by atoms with E-state index in [2.05, 4.69) is 10.9 Å².